The molecule has 5 heteroatoms. The van der Waals surface area contributed by atoms with Crippen LogP contribution < -0.4 is 0 Å². The van der Waals surface area contributed by atoms with Gasteiger partial charge in [-0.15, -0.1) is 6.58 Å². The van der Waals surface area contributed by atoms with Crippen molar-refractivity contribution in [3.63, 3.8) is 0 Å². The van der Waals surface area contributed by atoms with Gasteiger partial charge in [0, 0.05) is 0 Å². The van der Waals surface area contributed by atoms with E-state index in [1.807, 2.05) is 0 Å². The Morgan fingerprint density at radius 3 is 2.64 bits per heavy atom. The highest BCUT2D eigenvalue weighted by molar-refractivity contribution is 6.31. The number of alkyl halides is 3. The Balaban J connectivity index is 3.62. The Hall–Kier alpha value is -0.640. The van der Waals surface area contributed by atoms with E-state index >= 15 is 0 Å². The summed E-state index contributed by atoms with van der Waals surface area (Å²) in [5.74, 6) is -1.72. The van der Waals surface area contributed by atoms with Crippen LogP contribution in [-0.4, -0.2) is 18.0 Å². The maximum Gasteiger partial charge on any atom is 0.417 e. The molecule has 0 aliphatic heterocycles. The molecule has 0 aliphatic rings. The highest BCUT2D eigenvalue weighted by Gasteiger charge is 2.37. The molecular formula is C6H7ClF2O2. The fraction of sp³-hybridized carbons (Fsp3) is 0.500. The molecule has 0 aromatic rings. The van der Waals surface area contributed by atoms with Crippen LogP contribution in [0, 0.1) is 0 Å². The maximum absolute atomic E-state index is 11.8. The molecule has 2 nitrogen and oxygen atoms in total. The number of halogens is 3. The lowest BCUT2D eigenvalue weighted by Gasteiger charge is -2.06. The van der Waals surface area contributed by atoms with Crippen molar-refractivity contribution in [2.45, 2.75) is 11.8 Å². The number of esters is 1. The van der Waals surface area contributed by atoms with Gasteiger partial charge in [0.2, 0.25) is 0 Å². The Morgan fingerprint density at radius 2 is 2.27 bits per heavy atom. The minimum Gasteiger partial charge on any atom is -0.460 e. The van der Waals surface area contributed by atoms with Crippen molar-refractivity contribution in [3.05, 3.63) is 12.7 Å². The van der Waals surface area contributed by atoms with Gasteiger partial charge < -0.3 is 4.74 Å². The molecule has 64 valence electrons. The Morgan fingerprint density at radius 1 is 1.73 bits per heavy atom. The van der Waals surface area contributed by atoms with E-state index in [0.717, 1.165) is 0 Å². The second-order valence-corrected chi connectivity index (χ2v) is 2.19. The fourth-order valence-corrected chi connectivity index (χ4v) is 0.371. The Labute approximate surface area is 67.8 Å². The number of carbonyl (C=O) groups excluding carboxylic acids is 1. The van der Waals surface area contributed by atoms with Crippen molar-refractivity contribution in [1.29, 1.82) is 0 Å². The van der Waals surface area contributed by atoms with Gasteiger partial charge in [-0.25, -0.2) is 4.79 Å². The number of carbonyl (C=O) groups is 1. The molecule has 0 saturated carbocycles. The quantitative estimate of drug-likeness (QED) is 0.289. The van der Waals surface area contributed by atoms with Crippen molar-refractivity contribution in [1.82, 2.24) is 0 Å². The zero-order valence-corrected chi connectivity index (χ0v) is 6.40. The normalized spacial score (nSPS) is 10.8. The molecular weight excluding hydrogens is 178 g/mol. The van der Waals surface area contributed by atoms with Gasteiger partial charge in [-0.2, -0.15) is 8.78 Å². The molecule has 0 N–H and O–H groups in total. The van der Waals surface area contributed by atoms with Crippen molar-refractivity contribution in [3.8, 4) is 0 Å². The maximum atomic E-state index is 11.8. The predicted molar refractivity (Wildman–Crippen MR) is 36.6 cm³/mol. The molecule has 0 heterocycles. The summed E-state index contributed by atoms with van der Waals surface area (Å²) in [6, 6.07) is 0. The minimum atomic E-state index is -3.92. The number of hydrogen-bond acceptors (Lipinski definition) is 2. The van der Waals surface area contributed by atoms with Crippen LogP contribution in [-0.2, 0) is 9.53 Å². The van der Waals surface area contributed by atoms with Crippen LogP contribution in [0.15, 0.2) is 12.7 Å². The summed E-state index contributed by atoms with van der Waals surface area (Å²) in [6.07, 6.45) is 1.78. The van der Waals surface area contributed by atoms with Crippen molar-refractivity contribution in [2.75, 3.05) is 6.61 Å². The lowest BCUT2D eigenvalue weighted by atomic mass is 10.4. The molecule has 0 atom stereocenters. The largest absolute Gasteiger partial charge is 0.460 e. The number of rotatable bonds is 4. The summed E-state index contributed by atoms with van der Waals surface area (Å²) in [7, 11) is 0. The van der Waals surface area contributed by atoms with Crippen LogP contribution in [0.3, 0.4) is 0 Å². The molecule has 0 fully saturated rings. The molecule has 11 heavy (non-hydrogen) atoms. The van der Waals surface area contributed by atoms with Crippen LogP contribution in [0.5, 0.6) is 0 Å². The summed E-state index contributed by atoms with van der Waals surface area (Å²) < 4.78 is 27.7. The lowest BCUT2D eigenvalue weighted by Crippen LogP contribution is -2.24. The zero-order chi connectivity index (χ0) is 8.91. The highest BCUT2D eigenvalue weighted by Crippen LogP contribution is 2.20. The van der Waals surface area contributed by atoms with Gasteiger partial charge in [0.1, 0.15) is 0 Å². The average molecular weight is 185 g/mol. The Kier molecular flexibility index (Phi) is 4.03. The van der Waals surface area contributed by atoms with Gasteiger partial charge in [0.15, 0.2) is 0 Å². The first kappa shape index (κ1) is 10.4. The van der Waals surface area contributed by atoms with Crippen molar-refractivity contribution in [2.24, 2.45) is 0 Å². The first-order chi connectivity index (χ1) is 4.98. The molecule has 0 unspecified atom stereocenters. The molecule has 0 aromatic heterocycles. The zero-order valence-electron chi connectivity index (χ0n) is 5.65. The molecule has 0 aromatic carbocycles. The third-order valence-electron chi connectivity index (χ3n) is 0.787. The molecule has 0 saturated heterocycles. The number of hydrogen-bond donors (Lipinski definition) is 0. The smallest absolute Gasteiger partial charge is 0.417 e. The number of ether oxygens (including phenoxy) is 1. The van der Waals surface area contributed by atoms with E-state index in [1.165, 1.54) is 6.08 Å². The van der Waals surface area contributed by atoms with Crippen molar-refractivity contribution >= 4 is 17.6 Å². The van der Waals surface area contributed by atoms with E-state index in [0.29, 0.717) is 6.42 Å². The van der Waals surface area contributed by atoms with Gasteiger partial charge in [0.25, 0.3) is 0 Å². The predicted octanol–water partition coefficient (Wildman–Crippen LogP) is 1.94. The Bertz CT molecular complexity index is 153. The van der Waals surface area contributed by atoms with Gasteiger partial charge in [-0.05, 0) is 18.0 Å². The second kappa shape index (κ2) is 4.28. The SMILES string of the molecule is C=CCCOC(=O)C(F)(F)Cl. The minimum absolute atomic E-state index is 0.120. The molecule has 0 rings (SSSR count). The van der Waals surface area contributed by atoms with E-state index < -0.39 is 11.4 Å². The van der Waals surface area contributed by atoms with Gasteiger partial charge >= 0.3 is 11.4 Å². The van der Waals surface area contributed by atoms with E-state index in [2.05, 4.69) is 22.9 Å². The molecule has 0 radical (unpaired) electrons. The van der Waals surface area contributed by atoms with Crippen LogP contribution in [0.4, 0.5) is 8.78 Å². The van der Waals surface area contributed by atoms with Crippen LogP contribution in [0.2, 0.25) is 0 Å². The third-order valence-corrected chi connectivity index (χ3v) is 0.941. The van der Waals surface area contributed by atoms with Crippen LogP contribution in [0.25, 0.3) is 0 Å². The lowest BCUT2D eigenvalue weighted by molar-refractivity contribution is -0.160. The molecule has 0 bridgehead atoms. The van der Waals surface area contributed by atoms with E-state index in [-0.39, 0.29) is 6.61 Å². The highest BCUT2D eigenvalue weighted by atomic mass is 35.5. The van der Waals surface area contributed by atoms with Crippen LogP contribution >= 0.6 is 11.6 Å². The summed E-state index contributed by atoms with van der Waals surface area (Å²) in [5, 5.41) is -3.92. The third kappa shape index (κ3) is 4.72. The van der Waals surface area contributed by atoms with Gasteiger partial charge in [0.05, 0.1) is 6.61 Å². The summed E-state index contributed by atoms with van der Waals surface area (Å²) in [5.41, 5.74) is 0. The summed E-state index contributed by atoms with van der Waals surface area (Å²) in [6.45, 7) is 3.19. The fourth-order valence-electron chi connectivity index (χ4n) is 0.317. The van der Waals surface area contributed by atoms with Gasteiger partial charge in [-0.3, -0.25) is 0 Å². The van der Waals surface area contributed by atoms with E-state index in [1.54, 1.807) is 0 Å². The van der Waals surface area contributed by atoms with Crippen LogP contribution in [0.1, 0.15) is 6.42 Å². The first-order valence-corrected chi connectivity index (χ1v) is 3.21. The summed E-state index contributed by atoms with van der Waals surface area (Å²) in [4.78, 5) is 10.2. The van der Waals surface area contributed by atoms with Gasteiger partial charge in [-0.1, -0.05) is 6.08 Å². The average Bonchev–Trinajstić information content (AvgIpc) is 1.86. The first-order valence-electron chi connectivity index (χ1n) is 2.83. The summed E-state index contributed by atoms with van der Waals surface area (Å²) >= 11 is 4.33. The van der Waals surface area contributed by atoms with Crippen molar-refractivity contribution < 1.29 is 18.3 Å². The standard InChI is InChI=1S/C6H7ClF2O2/c1-2-3-4-11-5(10)6(7,8)9/h2H,1,3-4H2. The monoisotopic (exact) mass is 184 g/mol. The molecule has 0 amide bonds. The van der Waals surface area contributed by atoms with E-state index in [4.69, 9.17) is 0 Å². The molecule has 0 spiro atoms. The van der Waals surface area contributed by atoms with E-state index in [9.17, 15) is 13.6 Å². The molecule has 0 aliphatic carbocycles. The topological polar surface area (TPSA) is 26.3 Å². The second-order valence-electron chi connectivity index (χ2n) is 1.71.